The molecule has 0 unspecified atom stereocenters. The van der Waals surface area contributed by atoms with Gasteiger partial charge in [-0.2, -0.15) is 0 Å². The maximum absolute atomic E-state index is 13.4. The zero-order valence-corrected chi connectivity index (χ0v) is 17.5. The maximum atomic E-state index is 13.4. The minimum absolute atomic E-state index is 0.106. The van der Waals surface area contributed by atoms with Gasteiger partial charge in [0.25, 0.3) is 0 Å². The summed E-state index contributed by atoms with van der Waals surface area (Å²) in [6.45, 7) is 7.89. The molecule has 4 rings (SSSR count). The van der Waals surface area contributed by atoms with E-state index in [0.29, 0.717) is 12.1 Å². The Morgan fingerprint density at radius 2 is 1.89 bits per heavy atom. The zero-order chi connectivity index (χ0) is 19.7. The summed E-state index contributed by atoms with van der Waals surface area (Å²) >= 11 is 3.48. The van der Waals surface area contributed by atoms with Gasteiger partial charge in [0.05, 0.1) is 11.8 Å². The number of halogens is 1. The summed E-state index contributed by atoms with van der Waals surface area (Å²) in [4.78, 5) is 41.3. The van der Waals surface area contributed by atoms with Crippen LogP contribution < -0.4 is 10.6 Å². The van der Waals surface area contributed by atoms with Crippen LogP contribution in [0.1, 0.15) is 39.7 Å². The molecule has 3 aliphatic rings. The van der Waals surface area contributed by atoms with Gasteiger partial charge >= 0.3 is 0 Å². The van der Waals surface area contributed by atoms with Gasteiger partial charge in [-0.15, -0.1) is 0 Å². The maximum Gasteiger partial charge on any atom is 0.250 e. The summed E-state index contributed by atoms with van der Waals surface area (Å²) in [5, 5.41) is 6.36. The molecule has 27 heavy (non-hydrogen) atoms. The largest absolute Gasteiger partial charge is 0.324 e. The lowest BCUT2D eigenvalue weighted by molar-refractivity contribution is -0.145. The molecule has 5 atom stereocenters. The molecule has 2 fully saturated rings. The predicted molar refractivity (Wildman–Crippen MR) is 105 cm³/mol. The van der Waals surface area contributed by atoms with Gasteiger partial charge in [-0.1, -0.05) is 36.7 Å². The molecule has 0 saturated carbocycles. The van der Waals surface area contributed by atoms with E-state index in [2.05, 4.69) is 26.6 Å². The van der Waals surface area contributed by atoms with Crippen molar-refractivity contribution in [3.63, 3.8) is 0 Å². The van der Waals surface area contributed by atoms with Crippen LogP contribution in [-0.4, -0.2) is 34.7 Å². The number of carbonyl (C=O) groups is 3. The predicted octanol–water partition coefficient (Wildman–Crippen LogP) is 2.62. The fourth-order valence-corrected chi connectivity index (χ4v) is 5.28. The third-order valence-corrected chi connectivity index (χ3v) is 6.89. The van der Waals surface area contributed by atoms with Crippen molar-refractivity contribution in [2.24, 2.45) is 17.8 Å². The van der Waals surface area contributed by atoms with Gasteiger partial charge in [-0.25, -0.2) is 0 Å². The minimum atomic E-state index is -1.20. The first-order valence-corrected chi connectivity index (χ1v) is 10.3. The molecule has 3 aliphatic heterocycles. The molecule has 1 spiro atoms. The van der Waals surface area contributed by atoms with E-state index in [9.17, 15) is 14.4 Å². The van der Waals surface area contributed by atoms with Crippen molar-refractivity contribution >= 4 is 39.3 Å². The lowest BCUT2D eigenvalue weighted by Crippen LogP contribution is -2.54. The average Bonchev–Trinajstić information content (AvgIpc) is 3.20. The first kappa shape index (κ1) is 18.6. The average molecular weight is 434 g/mol. The Hall–Kier alpha value is -1.73. The highest BCUT2D eigenvalue weighted by atomic mass is 79.9. The number of nitrogens with zero attached hydrogens (tertiary/aromatic N) is 1. The summed E-state index contributed by atoms with van der Waals surface area (Å²) in [5.41, 5.74) is 0.237. The quantitative estimate of drug-likeness (QED) is 0.718. The standard InChI is InChI=1S/C20H24BrN3O3/c1-5-10(4)24-17(25)14-15(18(24)26)20(23-16(14)9(2)3)12-8-11(21)6-7-13(12)22-19(20)27/h6-10,14-16,23H,5H2,1-4H3,(H,22,27)/t10-,14-,15-,16-,20+/m0/s1. The second-order valence-corrected chi connectivity index (χ2v) is 9.09. The van der Waals surface area contributed by atoms with Crippen LogP contribution in [0.15, 0.2) is 22.7 Å². The summed E-state index contributed by atoms with van der Waals surface area (Å²) in [5.74, 6) is -1.78. The van der Waals surface area contributed by atoms with Crippen molar-refractivity contribution < 1.29 is 14.4 Å². The lowest BCUT2D eigenvalue weighted by atomic mass is 9.76. The molecule has 0 aliphatic carbocycles. The Kier molecular flexibility index (Phi) is 4.23. The molecular formula is C20H24BrN3O3. The highest BCUT2D eigenvalue weighted by molar-refractivity contribution is 9.10. The molecule has 1 aromatic carbocycles. The van der Waals surface area contributed by atoms with E-state index in [1.165, 1.54) is 4.90 Å². The molecule has 1 aromatic rings. The number of nitrogens with one attached hydrogen (secondary N) is 2. The molecule has 0 aromatic heterocycles. The van der Waals surface area contributed by atoms with E-state index in [0.717, 1.165) is 10.0 Å². The van der Waals surface area contributed by atoms with E-state index in [-0.39, 0.29) is 35.7 Å². The fourth-order valence-electron chi connectivity index (χ4n) is 4.92. The van der Waals surface area contributed by atoms with Crippen LogP contribution in [-0.2, 0) is 19.9 Å². The molecule has 2 saturated heterocycles. The van der Waals surface area contributed by atoms with E-state index in [1.807, 2.05) is 45.9 Å². The first-order valence-electron chi connectivity index (χ1n) is 9.50. The topological polar surface area (TPSA) is 78.5 Å². The number of anilines is 1. The number of rotatable bonds is 3. The SMILES string of the molecule is CC[C@H](C)N1C(=O)[C@H]2[C@@H](C1=O)[C@@]1(N[C@H]2C(C)C)C(=O)Nc2ccc(Br)cc21. The van der Waals surface area contributed by atoms with E-state index in [1.54, 1.807) is 0 Å². The Balaban J connectivity index is 1.92. The van der Waals surface area contributed by atoms with Crippen LogP contribution in [0, 0.1) is 17.8 Å². The highest BCUT2D eigenvalue weighted by Crippen LogP contribution is 2.54. The number of hydrogen-bond acceptors (Lipinski definition) is 4. The van der Waals surface area contributed by atoms with Crippen LogP contribution >= 0.6 is 15.9 Å². The van der Waals surface area contributed by atoms with Gasteiger partial charge in [-0.3, -0.25) is 24.6 Å². The van der Waals surface area contributed by atoms with Crippen LogP contribution in [0.4, 0.5) is 5.69 Å². The number of carbonyl (C=O) groups excluding carboxylic acids is 3. The van der Waals surface area contributed by atoms with Gasteiger partial charge in [0.2, 0.25) is 17.7 Å². The van der Waals surface area contributed by atoms with Crippen molar-refractivity contribution in [2.75, 3.05) is 5.32 Å². The van der Waals surface area contributed by atoms with Crippen molar-refractivity contribution in [3.05, 3.63) is 28.2 Å². The third kappa shape index (κ3) is 2.30. The summed E-state index contributed by atoms with van der Waals surface area (Å²) in [6.07, 6.45) is 0.692. The number of fused-ring (bicyclic) bond motifs is 4. The van der Waals surface area contributed by atoms with Gasteiger partial charge < -0.3 is 5.32 Å². The van der Waals surface area contributed by atoms with Crippen LogP contribution in [0.25, 0.3) is 0 Å². The fraction of sp³-hybridized carbons (Fsp3) is 0.550. The van der Waals surface area contributed by atoms with E-state index < -0.39 is 17.4 Å². The van der Waals surface area contributed by atoms with Crippen molar-refractivity contribution in [1.82, 2.24) is 10.2 Å². The Labute approximate surface area is 167 Å². The Morgan fingerprint density at radius 1 is 1.19 bits per heavy atom. The van der Waals surface area contributed by atoms with Gasteiger partial charge in [0.1, 0.15) is 5.54 Å². The zero-order valence-electron chi connectivity index (χ0n) is 15.9. The molecule has 7 heteroatoms. The van der Waals surface area contributed by atoms with Gasteiger partial charge in [0, 0.05) is 27.8 Å². The first-order chi connectivity index (χ1) is 12.7. The second-order valence-electron chi connectivity index (χ2n) is 8.17. The number of amides is 3. The lowest BCUT2D eigenvalue weighted by Gasteiger charge is -2.31. The molecule has 6 nitrogen and oxygen atoms in total. The number of benzene rings is 1. The number of likely N-dealkylation sites (tertiary alicyclic amines) is 1. The number of imide groups is 1. The summed E-state index contributed by atoms with van der Waals surface area (Å²) in [6, 6.07) is 5.16. The smallest absolute Gasteiger partial charge is 0.250 e. The normalized spacial score (nSPS) is 33.0. The van der Waals surface area contributed by atoms with Gasteiger partial charge in [-0.05, 0) is 37.5 Å². The van der Waals surface area contributed by atoms with Gasteiger partial charge in [0.15, 0.2) is 0 Å². The molecule has 3 heterocycles. The molecular weight excluding hydrogens is 410 g/mol. The molecule has 144 valence electrons. The Bertz CT molecular complexity index is 855. The Morgan fingerprint density at radius 3 is 2.52 bits per heavy atom. The van der Waals surface area contributed by atoms with Crippen molar-refractivity contribution in [1.29, 1.82) is 0 Å². The molecule has 2 N–H and O–H groups in total. The second kappa shape index (κ2) is 6.14. The monoisotopic (exact) mass is 433 g/mol. The van der Waals surface area contributed by atoms with Crippen molar-refractivity contribution in [2.45, 2.75) is 51.7 Å². The van der Waals surface area contributed by atoms with Crippen LogP contribution in [0.2, 0.25) is 0 Å². The van der Waals surface area contributed by atoms with Crippen LogP contribution in [0.3, 0.4) is 0 Å². The minimum Gasteiger partial charge on any atom is -0.324 e. The highest BCUT2D eigenvalue weighted by Gasteiger charge is 2.71. The molecule has 0 bridgehead atoms. The van der Waals surface area contributed by atoms with Crippen LogP contribution in [0.5, 0.6) is 0 Å². The summed E-state index contributed by atoms with van der Waals surface area (Å²) < 4.78 is 0.832. The third-order valence-electron chi connectivity index (χ3n) is 6.40. The number of hydrogen-bond donors (Lipinski definition) is 2. The van der Waals surface area contributed by atoms with E-state index >= 15 is 0 Å². The molecule has 3 amide bonds. The summed E-state index contributed by atoms with van der Waals surface area (Å²) in [7, 11) is 0. The van der Waals surface area contributed by atoms with E-state index in [4.69, 9.17) is 0 Å². The molecule has 0 radical (unpaired) electrons. The van der Waals surface area contributed by atoms with Crippen molar-refractivity contribution in [3.8, 4) is 0 Å².